The zero-order chi connectivity index (χ0) is 11.8. The molecule has 3 nitrogen and oxygen atoms in total. The van der Waals surface area contributed by atoms with Crippen molar-refractivity contribution in [3.8, 4) is 0 Å². The van der Waals surface area contributed by atoms with Crippen LogP contribution in [-0.4, -0.2) is 36.9 Å². The molecular formula is C11H17NO2S2. The zero-order valence-corrected chi connectivity index (χ0v) is 11.3. The molecule has 0 aromatic carbocycles. The van der Waals surface area contributed by atoms with Gasteiger partial charge in [-0.25, -0.2) is 8.42 Å². The Bertz CT molecular complexity index is 448. The third-order valence-corrected chi connectivity index (χ3v) is 5.74. The van der Waals surface area contributed by atoms with Gasteiger partial charge < -0.3 is 0 Å². The molecule has 1 saturated heterocycles. The predicted molar refractivity (Wildman–Crippen MR) is 67.5 cm³/mol. The van der Waals surface area contributed by atoms with E-state index in [1.165, 1.54) is 5.56 Å². The monoisotopic (exact) mass is 259 g/mol. The third kappa shape index (κ3) is 2.64. The van der Waals surface area contributed by atoms with Gasteiger partial charge in [-0.3, -0.25) is 4.90 Å². The second kappa shape index (κ2) is 4.13. The molecule has 0 spiro atoms. The number of rotatable bonds is 2. The molecular weight excluding hydrogens is 242 g/mol. The lowest BCUT2D eigenvalue weighted by molar-refractivity contribution is 0.131. The lowest BCUT2D eigenvalue weighted by Crippen LogP contribution is -2.54. The van der Waals surface area contributed by atoms with Crippen LogP contribution >= 0.6 is 11.3 Å². The normalized spacial score (nSPS) is 24.4. The van der Waals surface area contributed by atoms with Crippen molar-refractivity contribution in [2.75, 3.05) is 18.1 Å². The summed E-state index contributed by atoms with van der Waals surface area (Å²) in [5.41, 5.74) is 1.02. The van der Waals surface area contributed by atoms with E-state index in [2.05, 4.69) is 21.7 Å². The smallest absolute Gasteiger partial charge is 0.153 e. The van der Waals surface area contributed by atoms with Gasteiger partial charge in [0.1, 0.15) is 0 Å². The summed E-state index contributed by atoms with van der Waals surface area (Å²) in [4.78, 5) is 2.26. The summed E-state index contributed by atoms with van der Waals surface area (Å²) >= 11 is 1.68. The summed E-state index contributed by atoms with van der Waals surface area (Å²) in [7, 11) is -2.84. The fourth-order valence-electron chi connectivity index (χ4n) is 2.15. The van der Waals surface area contributed by atoms with E-state index in [0.717, 1.165) is 6.54 Å². The fourth-order valence-corrected chi connectivity index (χ4v) is 4.71. The molecule has 2 heterocycles. The molecule has 1 aliphatic heterocycles. The minimum Gasteiger partial charge on any atom is -0.292 e. The highest BCUT2D eigenvalue weighted by molar-refractivity contribution is 7.91. The van der Waals surface area contributed by atoms with Gasteiger partial charge in [0, 0.05) is 18.6 Å². The number of hydrogen-bond donors (Lipinski definition) is 0. The molecule has 0 saturated carbocycles. The Labute approximate surface area is 101 Å². The SMILES string of the molecule is CC1(C)CS(=O)(=O)CCN1Cc1ccsc1. The van der Waals surface area contributed by atoms with Gasteiger partial charge in [0.25, 0.3) is 0 Å². The minimum atomic E-state index is -2.84. The highest BCUT2D eigenvalue weighted by atomic mass is 32.2. The van der Waals surface area contributed by atoms with Gasteiger partial charge in [0.15, 0.2) is 9.84 Å². The zero-order valence-electron chi connectivity index (χ0n) is 9.64. The van der Waals surface area contributed by atoms with E-state index in [1.54, 1.807) is 11.3 Å². The quantitative estimate of drug-likeness (QED) is 0.812. The molecule has 0 radical (unpaired) electrons. The molecule has 0 aliphatic carbocycles. The first kappa shape index (κ1) is 12.1. The second-order valence-corrected chi connectivity index (χ2v) is 7.92. The van der Waals surface area contributed by atoms with Gasteiger partial charge in [0.05, 0.1) is 11.5 Å². The summed E-state index contributed by atoms with van der Waals surface area (Å²) in [6, 6.07) is 2.10. The summed E-state index contributed by atoms with van der Waals surface area (Å²) in [6.45, 7) is 5.52. The van der Waals surface area contributed by atoms with Gasteiger partial charge in [-0.15, -0.1) is 0 Å². The average Bonchev–Trinajstić information content (AvgIpc) is 2.60. The van der Waals surface area contributed by atoms with Crippen LogP contribution in [0.5, 0.6) is 0 Å². The van der Waals surface area contributed by atoms with Crippen molar-refractivity contribution in [3.63, 3.8) is 0 Å². The van der Waals surface area contributed by atoms with Crippen LogP contribution in [0.3, 0.4) is 0 Å². The van der Waals surface area contributed by atoms with Crippen LogP contribution in [-0.2, 0) is 16.4 Å². The van der Waals surface area contributed by atoms with E-state index < -0.39 is 9.84 Å². The predicted octanol–water partition coefficient (Wildman–Crippen LogP) is 1.76. The van der Waals surface area contributed by atoms with Gasteiger partial charge in [-0.05, 0) is 36.2 Å². The Morgan fingerprint density at radius 3 is 2.81 bits per heavy atom. The van der Waals surface area contributed by atoms with Crippen LogP contribution in [0.1, 0.15) is 19.4 Å². The van der Waals surface area contributed by atoms with Crippen molar-refractivity contribution in [1.82, 2.24) is 4.90 Å². The van der Waals surface area contributed by atoms with Crippen LogP contribution in [0, 0.1) is 0 Å². The minimum absolute atomic E-state index is 0.251. The van der Waals surface area contributed by atoms with Crippen LogP contribution in [0.4, 0.5) is 0 Å². The molecule has 0 atom stereocenters. The van der Waals surface area contributed by atoms with Crippen molar-refractivity contribution in [2.45, 2.75) is 25.9 Å². The number of sulfone groups is 1. The molecule has 0 unspecified atom stereocenters. The molecule has 16 heavy (non-hydrogen) atoms. The molecule has 2 rings (SSSR count). The molecule has 1 aliphatic rings. The summed E-state index contributed by atoms with van der Waals surface area (Å²) in [5.74, 6) is 0.560. The maximum absolute atomic E-state index is 11.6. The van der Waals surface area contributed by atoms with Gasteiger partial charge in [0.2, 0.25) is 0 Å². The van der Waals surface area contributed by atoms with Crippen molar-refractivity contribution in [2.24, 2.45) is 0 Å². The van der Waals surface area contributed by atoms with Crippen molar-refractivity contribution in [1.29, 1.82) is 0 Å². The number of thiophene rings is 1. The maximum Gasteiger partial charge on any atom is 0.153 e. The van der Waals surface area contributed by atoms with Gasteiger partial charge in [-0.1, -0.05) is 0 Å². The Kier molecular flexibility index (Phi) is 3.11. The molecule has 0 N–H and O–H groups in total. The first-order valence-corrected chi connectivity index (χ1v) is 8.12. The van der Waals surface area contributed by atoms with E-state index in [0.29, 0.717) is 12.3 Å². The Morgan fingerprint density at radius 2 is 2.25 bits per heavy atom. The van der Waals surface area contributed by atoms with Gasteiger partial charge >= 0.3 is 0 Å². The fraction of sp³-hybridized carbons (Fsp3) is 0.636. The third-order valence-electron chi connectivity index (χ3n) is 3.05. The first-order valence-electron chi connectivity index (χ1n) is 5.36. The summed E-state index contributed by atoms with van der Waals surface area (Å²) < 4.78 is 23.2. The molecule has 1 aromatic rings. The Balaban J connectivity index is 2.12. The van der Waals surface area contributed by atoms with Crippen LogP contribution in [0.2, 0.25) is 0 Å². The van der Waals surface area contributed by atoms with Crippen LogP contribution < -0.4 is 0 Å². The molecule has 0 amide bonds. The van der Waals surface area contributed by atoms with Crippen molar-refractivity contribution >= 4 is 21.2 Å². The van der Waals surface area contributed by atoms with Crippen LogP contribution in [0.25, 0.3) is 0 Å². The standard InChI is InChI=1S/C11H17NO2S2/c1-11(2)9-16(13,14)6-4-12(11)7-10-3-5-15-8-10/h3,5,8H,4,6-7,9H2,1-2H3. The molecule has 1 fully saturated rings. The molecule has 1 aromatic heterocycles. The van der Waals surface area contributed by atoms with Crippen molar-refractivity contribution in [3.05, 3.63) is 22.4 Å². The molecule has 90 valence electrons. The average molecular weight is 259 g/mol. The largest absolute Gasteiger partial charge is 0.292 e. The molecule has 0 bridgehead atoms. The highest BCUT2D eigenvalue weighted by Gasteiger charge is 2.37. The van der Waals surface area contributed by atoms with E-state index in [1.807, 2.05) is 13.8 Å². The first-order chi connectivity index (χ1) is 7.39. The summed E-state index contributed by atoms with van der Waals surface area (Å²) in [5, 5.41) is 4.18. The highest BCUT2D eigenvalue weighted by Crippen LogP contribution is 2.25. The lowest BCUT2D eigenvalue weighted by Gasteiger charge is -2.41. The number of hydrogen-bond acceptors (Lipinski definition) is 4. The Morgan fingerprint density at radius 1 is 1.50 bits per heavy atom. The lowest BCUT2D eigenvalue weighted by atomic mass is 10.0. The van der Waals surface area contributed by atoms with Crippen molar-refractivity contribution < 1.29 is 8.42 Å². The second-order valence-electron chi connectivity index (χ2n) is 4.96. The number of nitrogens with zero attached hydrogens (tertiary/aromatic N) is 1. The molecule has 5 heteroatoms. The summed E-state index contributed by atoms with van der Waals surface area (Å²) in [6.07, 6.45) is 0. The van der Waals surface area contributed by atoms with Gasteiger partial charge in [-0.2, -0.15) is 11.3 Å². The van der Waals surface area contributed by atoms with E-state index >= 15 is 0 Å². The maximum atomic E-state index is 11.6. The van der Waals surface area contributed by atoms with E-state index in [4.69, 9.17) is 0 Å². The topological polar surface area (TPSA) is 37.4 Å². The van der Waals surface area contributed by atoms with E-state index in [-0.39, 0.29) is 11.3 Å². The Hall–Kier alpha value is -0.390. The van der Waals surface area contributed by atoms with Crippen LogP contribution in [0.15, 0.2) is 16.8 Å². The van der Waals surface area contributed by atoms with E-state index in [9.17, 15) is 8.42 Å².